The molecular weight excluding hydrogens is 414 g/mol. The van der Waals surface area contributed by atoms with Crippen molar-refractivity contribution in [2.75, 3.05) is 26.4 Å². The summed E-state index contributed by atoms with van der Waals surface area (Å²) in [6.45, 7) is 2.58. The molecule has 3 rings (SSSR count). The fourth-order valence-corrected chi connectivity index (χ4v) is 2.56. The number of ether oxygens (including phenoxy) is 4. The van der Waals surface area contributed by atoms with Gasteiger partial charge in [-0.05, 0) is 55.5 Å². The van der Waals surface area contributed by atoms with E-state index in [0.717, 1.165) is 5.75 Å². The van der Waals surface area contributed by atoms with Crippen LogP contribution in [0.25, 0.3) is 0 Å². The molecule has 0 aliphatic heterocycles. The van der Waals surface area contributed by atoms with Gasteiger partial charge < -0.3 is 24.3 Å². The van der Waals surface area contributed by atoms with Gasteiger partial charge in [0.2, 0.25) is 5.88 Å². The number of carbonyl (C=O) groups excluding carboxylic acids is 2. The Labute approximate surface area is 185 Å². The Balaban J connectivity index is 1.41. The van der Waals surface area contributed by atoms with E-state index >= 15 is 0 Å². The van der Waals surface area contributed by atoms with Crippen molar-refractivity contribution >= 4 is 11.9 Å². The van der Waals surface area contributed by atoms with Crippen LogP contribution in [0.4, 0.5) is 0 Å². The van der Waals surface area contributed by atoms with Crippen LogP contribution in [0.1, 0.15) is 17.3 Å². The van der Waals surface area contributed by atoms with E-state index < -0.39 is 18.5 Å². The molecule has 0 unspecified atom stereocenters. The van der Waals surface area contributed by atoms with Crippen LogP contribution in [0.15, 0.2) is 67.1 Å². The van der Waals surface area contributed by atoms with Gasteiger partial charge in [-0.15, -0.1) is 0 Å². The molecule has 2 aromatic heterocycles. The smallest absolute Gasteiger partial charge is 0.344 e. The number of carbonyl (C=O) groups is 2. The van der Waals surface area contributed by atoms with E-state index in [9.17, 15) is 9.59 Å². The summed E-state index contributed by atoms with van der Waals surface area (Å²) in [7, 11) is 0. The molecule has 0 atom stereocenters. The van der Waals surface area contributed by atoms with E-state index in [2.05, 4.69) is 15.3 Å². The fraction of sp³-hybridized carbons (Fsp3) is 0.217. The Morgan fingerprint density at radius 1 is 0.938 bits per heavy atom. The van der Waals surface area contributed by atoms with Gasteiger partial charge in [-0.2, -0.15) is 0 Å². The second-order valence-electron chi connectivity index (χ2n) is 6.33. The van der Waals surface area contributed by atoms with Crippen molar-refractivity contribution in [2.45, 2.75) is 6.92 Å². The predicted molar refractivity (Wildman–Crippen MR) is 115 cm³/mol. The molecular formula is C23H23N3O6. The largest absolute Gasteiger partial charge is 0.494 e. The first-order chi connectivity index (χ1) is 15.7. The maximum atomic E-state index is 12.4. The summed E-state index contributed by atoms with van der Waals surface area (Å²) in [5.41, 5.74) is 0.1000. The van der Waals surface area contributed by atoms with Crippen molar-refractivity contribution in [1.82, 2.24) is 15.3 Å². The Hall–Kier alpha value is -4.14. The molecule has 0 aliphatic carbocycles. The molecule has 0 radical (unpaired) electrons. The van der Waals surface area contributed by atoms with Crippen LogP contribution >= 0.6 is 0 Å². The summed E-state index contributed by atoms with van der Waals surface area (Å²) in [6, 6.07) is 13.6. The molecule has 1 N–H and O–H groups in total. The fourth-order valence-electron chi connectivity index (χ4n) is 2.56. The number of esters is 1. The minimum Gasteiger partial charge on any atom is -0.494 e. The summed E-state index contributed by atoms with van der Waals surface area (Å²) in [4.78, 5) is 32.3. The lowest BCUT2D eigenvalue weighted by molar-refractivity contribution is -0.124. The van der Waals surface area contributed by atoms with E-state index in [1.54, 1.807) is 36.5 Å². The van der Waals surface area contributed by atoms with Gasteiger partial charge in [-0.1, -0.05) is 0 Å². The number of aromatic nitrogens is 2. The summed E-state index contributed by atoms with van der Waals surface area (Å²) in [6.07, 6.45) is 4.58. The van der Waals surface area contributed by atoms with Crippen LogP contribution in [0, 0.1) is 0 Å². The molecule has 0 saturated heterocycles. The predicted octanol–water partition coefficient (Wildman–Crippen LogP) is 3.02. The van der Waals surface area contributed by atoms with Gasteiger partial charge in [0, 0.05) is 12.4 Å². The highest BCUT2D eigenvalue weighted by Crippen LogP contribution is 2.22. The third-order valence-corrected chi connectivity index (χ3v) is 4.00. The van der Waals surface area contributed by atoms with Gasteiger partial charge in [0.15, 0.2) is 6.61 Å². The Morgan fingerprint density at radius 3 is 2.41 bits per heavy atom. The van der Waals surface area contributed by atoms with Crippen molar-refractivity contribution in [3.8, 4) is 23.1 Å². The SMILES string of the molecule is CCOc1ccc(OCCNC(=O)COC(=O)c2cccnc2Oc2cccnc2)cc1. The maximum Gasteiger partial charge on any atom is 0.344 e. The molecule has 0 aliphatic rings. The number of nitrogens with one attached hydrogen (secondary N) is 1. The number of hydrogen-bond donors (Lipinski definition) is 1. The Morgan fingerprint density at radius 2 is 1.69 bits per heavy atom. The molecule has 2 heterocycles. The highest BCUT2D eigenvalue weighted by Gasteiger charge is 2.17. The second-order valence-corrected chi connectivity index (χ2v) is 6.33. The Kier molecular flexibility index (Phi) is 8.38. The van der Waals surface area contributed by atoms with Crippen molar-refractivity contribution in [2.24, 2.45) is 0 Å². The highest BCUT2D eigenvalue weighted by atomic mass is 16.5. The zero-order chi connectivity index (χ0) is 22.6. The van der Waals surface area contributed by atoms with Gasteiger partial charge in [0.25, 0.3) is 5.91 Å². The van der Waals surface area contributed by atoms with Gasteiger partial charge >= 0.3 is 5.97 Å². The lowest BCUT2D eigenvalue weighted by Gasteiger charge is -2.10. The van der Waals surface area contributed by atoms with Gasteiger partial charge in [0.1, 0.15) is 29.4 Å². The molecule has 166 valence electrons. The molecule has 0 saturated carbocycles. The first kappa shape index (κ1) is 22.5. The summed E-state index contributed by atoms with van der Waals surface area (Å²) >= 11 is 0. The lowest BCUT2D eigenvalue weighted by Crippen LogP contribution is -2.32. The topological polar surface area (TPSA) is 109 Å². The van der Waals surface area contributed by atoms with Crippen LogP contribution in [-0.4, -0.2) is 48.2 Å². The minimum absolute atomic E-state index is 0.0645. The van der Waals surface area contributed by atoms with Crippen LogP contribution in [-0.2, 0) is 9.53 Å². The number of pyridine rings is 2. The zero-order valence-corrected chi connectivity index (χ0v) is 17.5. The van der Waals surface area contributed by atoms with E-state index in [0.29, 0.717) is 18.1 Å². The molecule has 0 spiro atoms. The highest BCUT2D eigenvalue weighted by molar-refractivity contribution is 5.93. The van der Waals surface area contributed by atoms with E-state index in [1.807, 2.05) is 19.1 Å². The molecule has 0 fully saturated rings. The summed E-state index contributed by atoms with van der Waals surface area (Å²) in [5.74, 6) is 0.731. The van der Waals surface area contributed by atoms with Gasteiger partial charge in [0.05, 0.1) is 19.3 Å². The molecule has 1 amide bonds. The second kappa shape index (κ2) is 11.9. The molecule has 3 aromatic rings. The van der Waals surface area contributed by atoms with Crippen molar-refractivity contribution in [1.29, 1.82) is 0 Å². The molecule has 9 nitrogen and oxygen atoms in total. The van der Waals surface area contributed by atoms with Crippen molar-refractivity contribution < 1.29 is 28.5 Å². The van der Waals surface area contributed by atoms with Crippen LogP contribution in [0.5, 0.6) is 23.1 Å². The van der Waals surface area contributed by atoms with Crippen LogP contribution in [0.3, 0.4) is 0 Å². The number of rotatable bonds is 11. The quantitative estimate of drug-likeness (QED) is 0.360. The normalized spacial score (nSPS) is 10.2. The number of amides is 1. The van der Waals surface area contributed by atoms with E-state index in [1.165, 1.54) is 18.5 Å². The maximum absolute atomic E-state index is 12.4. The van der Waals surface area contributed by atoms with E-state index in [-0.39, 0.29) is 24.6 Å². The number of benzene rings is 1. The zero-order valence-electron chi connectivity index (χ0n) is 17.5. The van der Waals surface area contributed by atoms with Crippen molar-refractivity contribution in [3.63, 3.8) is 0 Å². The first-order valence-electron chi connectivity index (χ1n) is 9.98. The standard InChI is InChI=1S/C23H23N3O6/c1-2-29-17-7-9-18(10-8-17)30-14-13-25-21(27)16-31-23(28)20-6-4-12-26-22(20)32-19-5-3-11-24-15-19/h3-12,15H,2,13-14,16H2,1H3,(H,25,27). The van der Waals surface area contributed by atoms with Gasteiger partial charge in [-0.25, -0.2) is 9.78 Å². The van der Waals surface area contributed by atoms with Crippen molar-refractivity contribution in [3.05, 3.63) is 72.7 Å². The van der Waals surface area contributed by atoms with Gasteiger partial charge in [-0.3, -0.25) is 9.78 Å². The summed E-state index contributed by atoms with van der Waals surface area (Å²) in [5, 5.41) is 2.62. The average Bonchev–Trinajstić information content (AvgIpc) is 2.82. The lowest BCUT2D eigenvalue weighted by atomic mass is 10.3. The van der Waals surface area contributed by atoms with E-state index in [4.69, 9.17) is 18.9 Å². The molecule has 32 heavy (non-hydrogen) atoms. The third kappa shape index (κ3) is 6.98. The third-order valence-electron chi connectivity index (χ3n) is 4.00. The molecule has 9 heteroatoms. The number of hydrogen-bond acceptors (Lipinski definition) is 8. The number of nitrogens with zero attached hydrogens (tertiary/aromatic N) is 2. The van der Waals surface area contributed by atoms with Crippen LogP contribution in [0.2, 0.25) is 0 Å². The summed E-state index contributed by atoms with van der Waals surface area (Å²) < 4.78 is 21.6. The minimum atomic E-state index is -0.724. The molecule has 1 aromatic carbocycles. The Bertz CT molecular complexity index is 1010. The average molecular weight is 437 g/mol. The monoisotopic (exact) mass is 437 g/mol. The first-order valence-corrected chi connectivity index (χ1v) is 9.98. The van der Waals surface area contributed by atoms with Crippen LogP contribution < -0.4 is 19.5 Å². The molecule has 0 bridgehead atoms.